The Kier molecular flexibility index (Phi) is 4.42. The summed E-state index contributed by atoms with van der Waals surface area (Å²) in [6.07, 6.45) is 2.02. The highest BCUT2D eigenvalue weighted by atomic mass is 16.4. The van der Waals surface area contributed by atoms with Crippen molar-refractivity contribution >= 4 is 11.9 Å². The lowest BCUT2D eigenvalue weighted by Crippen LogP contribution is -2.52. The predicted molar refractivity (Wildman–Crippen MR) is 76.4 cm³/mol. The SMILES string of the molecule is Cc1ccc(CC(=O)N2CCCC(C)C2C(=O)O)cc1. The second kappa shape index (κ2) is 6.07. The number of carboxylic acids is 1. The van der Waals surface area contributed by atoms with Crippen molar-refractivity contribution < 1.29 is 14.7 Å². The lowest BCUT2D eigenvalue weighted by molar-refractivity contribution is -0.154. The molecule has 1 aliphatic heterocycles. The smallest absolute Gasteiger partial charge is 0.326 e. The minimum absolute atomic E-state index is 0.0169. The van der Waals surface area contributed by atoms with E-state index < -0.39 is 12.0 Å². The number of nitrogens with zero attached hydrogens (tertiary/aromatic N) is 1. The summed E-state index contributed by atoms with van der Waals surface area (Å²) in [6.45, 7) is 4.45. The maximum atomic E-state index is 12.4. The zero-order chi connectivity index (χ0) is 14.7. The molecule has 1 fully saturated rings. The van der Waals surface area contributed by atoms with Gasteiger partial charge in [0, 0.05) is 6.54 Å². The maximum Gasteiger partial charge on any atom is 0.326 e. The zero-order valence-corrected chi connectivity index (χ0v) is 12.0. The summed E-state index contributed by atoms with van der Waals surface area (Å²) < 4.78 is 0. The first-order valence-electron chi connectivity index (χ1n) is 7.07. The summed E-state index contributed by atoms with van der Waals surface area (Å²) in [5.74, 6) is -0.967. The number of hydrogen-bond donors (Lipinski definition) is 1. The molecule has 0 aliphatic carbocycles. The number of aryl methyl sites for hydroxylation is 1. The first-order chi connectivity index (χ1) is 9.49. The zero-order valence-electron chi connectivity index (χ0n) is 12.0. The van der Waals surface area contributed by atoms with Crippen LogP contribution in [0.15, 0.2) is 24.3 Å². The van der Waals surface area contributed by atoms with Gasteiger partial charge in [-0.15, -0.1) is 0 Å². The number of piperidine rings is 1. The molecule has 2 rings (SSSR count). The molecule has 1 aromatic rings. The summed E-state index contributed by atoms with van der Waals surface area (Å²) in [6, 6.07) is 7.11. The molecule has 0 spiro atoms. The van der Waals surface area contributed by atoms with Crippen LogP contribution in [0.25, 0.3) is 0 Å². The molecule has 1 N–H and O–H groups in total. The lowest BCUT2D eigenvalue weighted by atomic mass is 9.90. The van der Waals surface area contributed by atoms with Crippen molar-refractivity contribution in [3.05, 3.63) is 35.4 Å². The van der Waals surface area contributed by atoms with E-state index in [1.54, 1.807) is 0 Å². The van der Waals surface area contributed by atoms with Crippen LogP contribution in [0.5, 0.6) is 0 Å². The molecule has 1 amide bonds. The third kappa shape index (κ3) is 3.18. The molecule has 1 saturated heterocycles. The average molecular weight is 275 g/mol. The van der Waals surface area contributed by atoms with Crippen LogP contribution < -0.4 is 0 Å². The molecule has 20 heavy (non-hydrogen) atoms. The van der Waals surface area contributed by atoms with E-state index in [9.17, 15) is 14.7 Å². The van der Waals surface area contributed by atoms with E-state index in [1.165, 1.54) is 4.90 Å². The topological polar surface area (TPSA) is 57.6 Å². The Hall–Kier alpha value is -1.84. The fourth-order valence-electron chi connectivity index (χ4n) is 2.83. The Balaban J connectivity index is 2.10. The molecule has 108 valence electrons. The van der Waals surface area contributed by atoms with Gasteiger partial charge in [-0.1, -0.05) is 36.8 Å². The standard InChI is InChI=1S/C16H21NO3/c1-11-5-7-13(8-6-11)10-14(18)17-9-3-4-12(2)15(17)16(19)20/h5-8,12,15H,3-4,9-10H2,1-2H3,(H,19,20). The van der Waals surface area contributed by atoms with Gasteiger partial charge in [0.25, 0.3) is 0 Å². The minimum Gasteiger partial charge on any atom is -0.480 e. The van der Waals surface area contributed by atoms with E-state index in [0.717, 1.165) is 24.0 Å². The first kappa shape index (κ1) is 14.6. The molecule has 0 saturated carbocycles. The van der Waals surface area contributed by atoms with Gasteiger partial charge >= 0.3 is 5.97 Å². The quantitative estimate of drug-likeness (QED) is 0.920. The van der Waals surface area contributed by atoms with Gasteiger partial charge in [-0.25, -0.2) is 4.79 Å². The Morgan fingerprint density at radius 2 is 1.95 bits per heavy atom. The maximum absolute atomic E-state index is 12.4. The van der Waals surface area contributed by atoms with Gasteiger partial charge in [0.2, 0.25) is 5.91 Å². The fourth-order valence-corrected chi connectivity index (χ4v) is 2.83. The van der Waals surface area contributed by atoms with E-state index in [0.29, 0.717) is 6.54 Å². The third-order valence-corrected chi connectivity index (χ3v) is 3.98. The average Bonchev–Trinajstić information content (AvgIpc) is 2.40. The normalized spacial score (nSPS) is 22.6. The number of carbonyl (C=O) groups is 2. The van der Waals surface area contributed by atoms with Gasteiger partial charge in [0.05, 0.1) is 6.42 Å². The monoisotopic (exact) mass is 275 g/mol. The molecule has 1 aromatic carbocycles. The predicted octanol–water partition coefficient (Wildman–Crippen LogP) is 2.25. The van der Waals surface area contributed by atoms with E-state index in [2.05, 4.69) is 0 Å². The summed E-state index contributed by atoms with van der Waals surface area (Å²) in [4.78, 5) is 25.3. The van der Waals surface area contributed by atoms with Crippen LogP contribution in [0.2, 0.25) is 0 Å². The van der Waals surface area contributed by atoms with Crippen molar-refractivity contribution in [1.29, 1.82) is 0 Å². The molecular weight excluding hydrogens is 254 g/mol. The number of hydrogen-bond acceptors (Lipinski definition) is 2. The van der Waals surface area contributed by atoms with Crippen LogP contribution >= 0.6 is 0 Å². The molecule has 1 aliphatic rings. The van der Waals surface area contributed by atoms with Gasteiger partial charge in [0.15, 0.2) is 0 Å². The van der Waals surface area contributed by atoms with Gasteiger partial charge in [0.1, 0.15) is 6.04 Å². The molecule has 1 heterocycles. The molecule has 4 nitrogen and oxygen atoms in total. The number of carboxylic acid groups (broad SMARTS) is 1. The van der Waals surface area contributed by atoms with Crippen LogP contribution in [0.1, 0.15) is 30.9 Å². The van der Waals surface area contributed by atoms with Crippen molar-refractivity contribution in [3.8, 4) is 0 Å². The highest BCUT2D eigenvalue weighted by Crippen LogP contribution is 2.24. The van der Waals surface area contributed by atoms with Crippen molar-refractivity contribution in [3.63, 3.8) is 0 Å². The Morgan fingerprint density at radius 3 is 2.55 bits per heavy atom. The molecule has 0 radical (unpaired) electrons. The highest BCUT2D eigenvalue weighted by molar-refractivity contribution is 5.85. The number of aliphatic carboxylic acids is 1. The highest BCUT2D eigenvalue weighted by Gasteiger charge is 2.36. The van der Waals surface area contributed by atoms with Gasteiger partial charge in [-0.2, -0.15) is 0 Å². The largest absolute Gasteiger partial charge is 0.480 e. The number of benzene rings is 1. The molecule has 2 unspecified atom stereocenters. The molecule has 0 bridgehead atoms. The number of carbonyl (C=O) groups excluding carboxylic acids is 1. The Morgan fingerprint density at radius 1 is 1.30 bits per heavy atom. The van der Waals surface area contributed by atoms with E-state index in [1.807, 2.05) is 38.1 Å². The second-order valence-electron chi connectivity index (χ2n) is 5.65. The van der Waals surface area contributed by atoms with Crippen molar-refractivity contribution in [1.82, 2.24) is 4.90 Å². The van der Waals surface area contributed by atoms with Crippen LogP contribution in [0.4, 0.5) is 0 Å². The summed E-state index contributed by atoms with van der Waals surface area (Å²) in [7, 11) is 0. The first-order valence-corrected chi connectivity index (χ1v) is 7.07. The lowest BCUT2D eigenvalue weighted by Gasteiger charge is -2.37. The van der Waals surface area contributed by atoms with Gasteiger partial charge < -0.3 is 10.0 Å². The van der Waals surface area contributed by atoms with Gasteiger partial charge in [-0.05, 0) is 31.2 Å². The van der Waals surface area contributed by atoms with Crippen LogP contribution in [-0.2, 0) is 16.0 Å². The second-order valence-corrected chi connectivity index (χ2v) is 5.65. The fraction of sp³-hybridized carbons (Fsp3) is 0.500. The number of likely N-dealkylation sites (tertiary alicyclic amines) is 1. The molecule has 4 heteroatoms. The number of amides is 1. The Labute approximate surface area is 119 Å². The minimum atomic E-state index is -0.894. The third-order valence-electron chi connectivity index (χ3n) is 3.98. The molecule has 2 atom stereocenters. The molecule has 0 aromatic heterocycles. The van der Waals surface area contributed by atoms with E-state index in [4.69, 9.17) is 0 Å². The van der Waals surface area contributed by atoms with E-state index in [-0.39, 0.29) is 18.2 Å². The van der Waals surface area contributed by atoms with E-state index >= 15 is 0 Å². The summed E-state index contributed by atoms with van der Waals surface area (Å²) >= 11 is 0. The van der Waals surface area contributed by atoms with Crippen molar-refractivity contribution in [2.45, 2.75) is 39.2 Å². The number of rotatable bonds is 3. The van der Waals surface area contributed by atoms with Gasteiger partial charge in [-0.3, -0.25) is 4.79 Å². The summed E-state index contributed by atoms with van der Waals surface area (Å²) in [5.41, 5.74) is 2.08. The molecular formula is C16H21NO3. The Bertz CT molecular complexity index is 495. The van der Waals surface area contributed by atoms with Crippen LogP contribution in [0.3, 0.4) is 0 Å². The van der Waals surface area contributed by atoms with Crippen LogP contribution in [-0.4, -0.2) is 34.5 Å². The van der Waals surface area contributed by atoms with Crippen LogP contribution in [0, 0.1) is 12.8 Å². The van der Waals surface area contributed by atoms with Crippen molar-refractivity contribution in [2.75, 3.05) is 6.54 Å². The van der Waals surface area contributed by atoms with Crippen molar-refractivity contribution in [2.24, 2.45) is 5.92 Å². The summed E-state index contributed by atoms with van der Waals surface area (Å²) in [5, 5.41) is 9.34.